The fraction of sp³-hybridized carbons (Fsp3) is 0.870. The van der Waals surface area contributed by atoms with Gasteiger partial charge in [-0.05, 0) is 6.42 Å². The van der Waals surface area contributed by atoms with E-state index >= 15 is 0 Å². The Labute approximate surface area is 165 Å². The van der Waals surface area contributed by atoms with Gasteiger partial charge in [0.05, 0.1) is 6.42 Å². The van der Waals surface area contributed by atoms with E-state index in [9.17, 15) is 14.4 Å². The topological polar surface area (TPSA) is 60.4 Å². The molecule has 1 unspecified atom stereocenters. The van der Waals surface area contributed by atoms with Gasteiger partial charge in [0.15, 0.2) is 0 Å². The first kappa shape index (κ1) is 23.8. The molecule has 0 amide bonds. The molecule has 1 rings (SSSR count). The second-order valence-corrected chi connectivity index (χ2v) is 8.07. The van der Waals surface area contributed by atoms with Crippen molar-refractivity contribution in [3.63, 3.8) is 0 Å². The van der Waals surface area contributed by atoms with Gasteiger partial charge >= 0.3 is 11.9 Å². The van der Waals surface area contributed by atoms with Crippen molar-refractivity contribution in [2.75, 3.05) is 0 Å². The van der Waals surface area contributed by atoms with Crippen molar-refractivity contribution in [3.05, 3.63) is 0 Å². The zero-order valence-electron chi connectivity index (χ0n) is 17.4. The lowest BCUT2D eigenvalue weighted by Gasteiger charge is -2.05. The molecular weight excluding hydrogens is 340 g/mol. The fourth-order valence-electron chi connectivity index (χ4n) is 3.74. The first-order valence-corrected chi connectivity index (χ1v) is 11.4. The van der Waals surface area contributed by atoms with Crippen molar-refractivity contribution >= 4 is 17.7 Å². The molecular formula is C23H40O4. The fourth-order valence-corrected chi connectivity index (χ4v) is 3.74. The van der Waals surface area contributed by atoms with E-state index in [1.165, 1.54) is 83.5 Å². The van der Waals surface area contributed by atoms with Gasteiger partial charge in [0.2, 0.25) is 0 Å². The number of cyclic esters (lactones) is 2. The minimum Gasteiger partial charge on any atom is -0.393 e. The number of ketones is 1. The van der Waals surface area contributed by atoms with Crippen LogP contribution in [0.2, 0.25) is 0 Å². The molecule has 27 heavy (non-hydrogen) atoms. The molecule has 1 aliphatic rings. The zero-order valence-corrected chi connectivity index (χ0v) is 17.4. The maximum absolute atomic E-state index is 11.9. The summed E-state index contributed by atoms with van der Waals surface area (Å²) in [7, 11) is 0. The molecule has 0 aliphatic carbocycles. The van der Waals surface area contributed by atoms with E-state index in [2.05, 4.69) is 11.7 Å². The summed E-state index contributed by atoms with van der Waals surface area (Å²) < 4.78 is 4.43. The van der Waals surface area contributed by atoms with Crippen LogP contribution in [0.5, 0.6) is 0 Å². The van der Waals surface area contributed by atoms with Crippen LogP contribution in [0.25, 0.3) is 0 Å². The summed E-state index contributed by atoms with van der Waals surface area (Å²) in [5.41, 5.74) is 0. The number of hydrogen-bond acceptors (Lipinski definition) is 4. The lowest BCUT2D eigenvalue weighted by molar-refractivity contribution is -0.153. The van der Waals surface area contributed by atoms with E-state index in [0.29, 0.717) is 6.42 Å². The van der Waals surface area contributed by atoms with Gasteiger partial charge in [0, 0.05) is 6.42 Å². The number of carbonyl (C=O) groups excluding carboxylic acids is 3. The highest BCUT2D eigenvalue weighted by Crippen LogP contribution is 2.20. The Balaban J connectivity index is 1.78. The van der Waals surface area contributed by atoms with Crippen LogP contribution in [-0.2, 0) is 19.1 Å². The summed E-state index contributed by atoms with van der Waals surface area (Å²) >= 11 is 0. The maximum Gasteiger partial charge on any atom is 0.324 e. The van der Waals surface area contributed by atoms with Gasteiger partial charge in [0.1, 0.15) is 11.7 Å². The molecule has 1 aliphatic heterocycles. The minimum atomic E-state index is -0.825. The second-order valence-electron chi connectivity index (χ2n) is 8.07. The van der Waals surface area contributed by atoms with Crippen LogP contribution in [0.1, 0.15) is 122 Å². The summed E-state index contributed by atoms with van der Waals surface area (Å²) in [5, 5.41) is 0. The highest BCUT2D eigenvalue weighted by atomic mass is 16.6. The van der Waals surface area contributed by atoms with E-state index in [1.54, 1.807) is 0 Å². The van der Waals surface area contributed by atoms with Gasteiger partial charge in [-0.25, -0.2) is 0 Å². The average molecular weight is 381 g/mol. The number of hydrogen-bond donors (Lipinski definition) is 0. The van der Waals surface area contributed by atoms with Crippen LogP contribution in [0.15, 0.2) is 0 Å². The van der Waals surface area contributed by atoms with Crippen molar-refractivity contribution < 1.29 is 19.1 Å². The number of unbranched alkanes of at least 4 members (excludes halogenated alkanes) is 15. The van der Waals surface area contributed by atoms with Crippen molar-refractivity contribution in [1.29, 1.82) is 0 Å². The molecule has 0 spiro atoms. The number of esters is 2. The highest BCUT2D eigenvalue weighted by molar-refractivity contribution is 6.08. The van der Waals surface area contributed by atoms with Crippen molar-refractivity contribution in [2.45, 2.75) is 122 Å². The molecule has 0 aromatic heterocycles. The Bertz CT molecular complexity index is 430. The Kier molecular flexibility index (Phi) is 14.0. The molecule has 1 heterocycles. The van der Waals surface area contributed by atoms with Crippen LogP contribution in [0.3, 0.4) is 0 Å². The molecule has 1 fully saturated rings. The van der Waals surface area contributed by atoms with Crippen LogP contribution in [0, 0.1) is 5.92 Å². The maximum atomic E-state index is 11.9. The van der Waals surface area contributed by atoms with Crippen LogP contribution < -0.4 is 0 Å². The van der Waals surface area contributed by atoms with Crippen LogP contribution in [-0.4, -0.2) is 17.7 Å². The molecule has 4 heteroatoms. The summed E-state index contributed by atoms with van der Waals surface area (Å²) in [6, 6.07) is 0. The van der Waals surface area contributed by atoms with E-state index in [-0.39, 0.29) is 12.2 Å². The van der Waals surface area contributed by atoms with E-state index in [0.717, 1.165) is 19.3 Å². The van der Waals surface area contributed by atoms with Crippen molar-refractivity contribution in [2.24, 2.45) is 5.92 Å². The number of Topliss-reactive ketones (excluding diaryl/α,β-unsaturated/α-hetero) is 1. The van der Waals surface area contributed by atoms with Crippen molar-refractivity contribution in [1.82, 2.24) is 0 Å². The average Bonchev–Trinajstić information content (AvgIpc) is 2.99. The Morgan fingerprint density at radius 3 is 1.52 bits per heavy atom. The summed E-state index contributed by atoms with van der Waals surface area (Å²) in [6.45, 7) is 2.27. The lowest BCUT2D eigenvalue weighted by Crippen LogP contribution is -2.18. The SMILES string of the molecule is CCCCCCCCCCCCCCCCCCC(=O)C1CC(=O)OC1=O. The molecule has 0 aromatic carbocycles. The normalized spacial score (nSPS) is 16.7. The second kappa shape index (κ2) is 15.8. The molecule has 4 nitrogen and oxygen atoms in total. The summed E-state index contributed by atoms with van der Waals surface area (Å²) in [6.07, 6.45) is 21.1. The predicted octanol–water partition coefficient (Wildman–Crippen LogP) is 6.30. The number of carbonyl (C=O) groups is 3. The minimum absolute atomic E-state index is 0.0590. The van der Waals surface area contributed by atoms with Crippen LogP contribution in [0.4, 0.5) is 0 Å². The molecule has 0 bridgehead atoms. The van der Waals surface area contributed by atoms with Gasteiger partial charge < -0.3 is 4.74 Å². The Hall–Kier alpha value is -1.19. The molecule has 0 N–H and O–H groups in total. The summed E-state index contributed by atoms with van der Waals surface area (Å²) in [4.78, 5) is 34.2. The highest BCUT2D eigenvalue weighted by Gasteiger charge is 2.38. The number of ether oxygens (including phenoxy) is 1. The number of rotatable bonds is 18. The monoisotopic (exact) mass is 380 g/mol. The predicted molar refractivity (Wildman–Crippen MR) is 108 cm³/mol. The van der Waals surface area contributed by atoms with Gasteiger partial charge in [0.25, 0.3) is 0 Å². The van der Waals surface area contributed by atoms with Gasteiger partial charge in [-0.15, -0.1) is 0 Å². The largest absolute Gasteiger partial charge is 0.393 e. The van der Waals surface area contributed by atoms with E-state index in [4.69, 9.17) is 0 Å². The van der Waals surface area contributed by atoms with Crippen molar-refractivity contribution in [3.8, 4) is 0 Å². The first-order chi connectivity index (χ1) is 13.1. The molecule has 1 atom stereocenters. The van der Waals surface area contributed by atoms with E-state index < -0.39 is 17.9 Å². The lowest BCUT2D eigenvalue weighted by atomic mass is 9.97. The molecule has 0 saturated carbocycles. The standard InChI is InChI=1S/C23H40O4/c1-2-3-4-5-6-7-8-9-10-11-12-13-14-15-16-17-18-21(24)20-19-22(25)27-23(20)26/h20H,2-19H2,1H3. The Morgan fingerprint density at radius 2 is 1.15 bits per heavy atom. The third-order valence-corrected chi connectivity index (χ3v) is 5.54. The van der Waals surface area contributed by atoms with Gasteiger partial charge in [-0.1, -0.05) is 103 Å². The van der Waals surface area contributed by atoms with Crippen LogP contribution >= 0.6 is 0 Å². The molecule has 0 radical (unpaired) electrons. The third kappa shape index (κ3) is 12.0. The van der Waals surface area contributed by atoms with E-state index in [1.807, 2.05) is 0 Å². The third-order valence-electron chi connectivity index (χ3n) is 5.54. The zero-order chi connectivity index (χ0) is 19.7. The summed E-state index contributed by atoms with van der Waals surface area (Å²) in [5.74, 6) is -2.17. The Morgan fingerprint density at radius 1 is 0.741 bits per heavy atom. The van der Waals surface area contributed by atoms with Gasteiger partial charge in [-0.2, -0.15) is 0 Å². The smallest absolute Gasteiger partial charge is 0.324 e. The molecule has 156 valence electrons. The first-order valence-electron chi connectivity index (χ1n) is 11.4. The quantitative estimate of drug-likeness (QED) is 0.159. The molecule has 1 saturated heterocycles. The van der Waals surface area contributed by atoms with Gasteiger partial charge in [-0.3, -0.25) is 14.4 Å². The molecule has 0 aromatic rings.